The maximum Gasteiger partial charge on any atom is 0.355 e. The number of aromatic hydroxyl groups is 1. The highest BCUT2D eigenvalue weighted by Crippen LogP contribution is 2.41. The number of hydrogen-bond donors (Lipinski definition) is 5. The fourth-order valence-corrected chi connectivity index (χ4v) is 10.1. The first kappa shape index (κ1) is 52.5. The Morgan fingerprint density at radius 3 is 2.51 bits per heavy atom. The lowest BCUT2D eigenvalue weighted by atomic mass is 9.84. The molecule has 6 bridgehead atoms. The summed E-state index contributed by atoms with van der Waals surface area (Å²) in [5.41, 5.74) is 4.12. The third-order valence-electron chi connectivity index (χ3n) is 13.5. The number of β-amino-alcohol motifs (C(OH)–C–C–N with tert-alkyl or cyclic N) is 1. The van der Waals surface area contributed by atoms with Crippen molar-refractivity contribution >= 4 is 40.5 Å². The number of likely N-dealkylation sites (N-methyl/N-ethyl adjacent to an activating group) is 1. The van der Waals surface area contributed by atoms with E-state index in [2.05, 4.69) is 45.1 Å². The van der Waals surface area contributed by atoms with Crippen LogP contribution in [-0.4, -0.2) is 159 Å². The van der Waals surface area contributed by atoms with Crippen LogP contribution >= 0.6 is 0 Å². The Kier molecular flexibility index (Phi) is 15.6. The molecule has 2 aromatic heterocycles. The van der Waals surface area contributed by atoms with E-state index in [4.69, 9.17) is 9.47 Å². The number of fused-ring (bicyclic) bond motifs is 6. The van der Waals surface area contributed by atoms with Gasteiger partial charge < -0.3 is 44.5 Å². The van der Waals surface area contributed by atoms with E-state index in [1.54, 1.807) is 38.1 Å². The number of esters is 1. The van der Waals surface area contributed by atoms with Crippen molar-refractivity contribution in [1.82, 2.24) is 40.0 Å². The number of phenolic OH excluding ortho intramolecular Hbond substituents is 1. The van der Waals surface area contributed by atoms with Crippen LogP contribution in [0.2, 0.25) is 0 Å². The first-order valence-corrected chi connectivity index (χ1v) is 24.2. The molecule has 2 fully saturated rings. The van der Waals surface area contributed by atoms with Crippen molar-refractivity contribution < 1.29 is 48.8 Å². The molecule has 4 aromatic rings. The van der Waals surface area contributed by atoms with Gasteiger partial charge in [-0.2, -0.15) is 5.43 Å². The van der Waals surface area contributed by atoms with Crippen molar-refractivity contribution in [3.63, 3.8) is 0 Å². The van der Waals surface area contributed by atoms with Crippen LogP contribution in [0.3, 0.4) is 0 Å². The Balaban J connectivity index is 1.28. The molecule has 5 heterocycles. The zero-order valence-electron chi connectivity index (χ0n) is 42.3. The van der Waals surface area contributed by atoms with Gasteiger partial charge in [0, 0.05) is 81.1 Å². The Hall–Kier alpha value is -6.36. The topological polar surface area (TPSA) is 219 Å². The number of aryl methyl sites for hydroxylation is 1. The van der Waals surface area contributed by atoms with Crippen LogP contribution in [0.25, 0.3) is 33.3 Å². The second-order valence-electron chi connectivity index (χ2n) is 20.5. The number of methoxy groups -OCH3 is 1. The van der Waals surface area contributed by atoms with Gasteiger partial charge in [0.2, 0.25) is 11.6 Å². The van der Waals surface area contributed by atoms with Gasteiger partial charge in [-0.3, -0.25) is 34.1 Å². The summed E-state index contributed by atoms with van der Waals surface area (Å²) >= 11 is 0. The SMILES string of the molecule is CCn1c(-c2cccnc2COC)c2c3cc(ccc31)-c1cc(O)cc(c1)C[C@H](NC(=O)[C@H](C(C)C)N(C)C(=O)[C@@]1(O)CCN(C(=O)C#CCN(C)C)C1)C(=O)N1CCC[C@@](O)(N1)C(=O)OCC(C)(C)C2. The number of benzene rings is 2. The maximum atomic E-state index is 14.8. The number of rotatable bonds is 10. The number of likely N-dealkylation sites (tertiary alicyclic amines) is 1. The molecule has 4 amide bonds. The minimum atomic E-state index is -2.30. The van der Waals surface area contributed by atoms with E-state index in [0.29, 0.717) is 30.6 Å². The monoisotopic (exact) mass is 977 g/mol. The number of aromatic nitrogens is 2. The predicted octanol–water partition coefficient (Wildman–Crippen LogP) is 3.22. The van der Waals surface area contributed by atoms with Gasteiger partial charge in [-0.15, -0.1) is 0 Å². The lowest BCUT2D eigenvalue weighted by molar-refractivity contribution is -0.189. The minimum absolute atomic E-state index is 0.0603. The molecule has 7 rings (SSSR count). The van der Waals surface area contributed by atoms with E-state index >= 15 is 0 Å². The average Bonchev–Trinajstić information content (AvgIpc) is 3.87. The summed E-state index contributed by atoms with van der Waals surface area (Å²) in [5.74, 6) is 1.02. The fourth-order valence-electron chi connectivity index (χ4n) is 10.1. The molecule has 0 saturated carbocycles. The normalized spacial score (nSPS) is 21.9. The van der Waals surface area contributed by atoms with Crippen LogP contribution in [0.5, 0.6) is 5.75 Å². The van der Waals surface area contributed by atoms with Gasteiger partial charge in [-0.05, 0) is 104 Å². The second kappa shape index (κ2) is 21.2. The molecule has 4 atom stereocenters. The number of aliphatic hydroxyl groups is 2. The number of phenols is 1. The van der Waals surface area contributed by atoms with E-state index < -0.39 is 64.3 Å². The molecule has 18 heteroatoms. The second-order valence-corrected chi connectivity index (χ2v) is 20.5. The zero-order chi connectivity index (χ0) is 51.6. The summed E-state index contributed by atoms with van der Waals surface area (Å²) in [5, 5.41) is 39.8. The van der Waals surface area contributed by atoms with Crippen molar-refractivity contribution in [2.75, 3.05) is 61.0 Å². The van der Waals surface area contributed by atoms with Crippen molar-refractivity contribution in [3.05, 3.63) is 71.5 Å². The molecule has 3 aliphatic rings. The van der Waals surface area contributed by atoms with Crippen LogP contribution < -0.4 is 10.7 Å². The van der Waals surface area contributed by atoms with Crippen molar-refractivity contribution in [1.29, 1.82) is 0 Å². The standard InChI is InChI=1S/C53H68N8O10/c1-10-60-43-17-16-35-28-39(43)40(46(60)38-14-11-20-54-42(38)30-70-9)29-51(4,5)32-71-50(67)53(69)18-13-22-61(56-53)48(65)41(26-34-24-36(35)27-37(62)25-34)55-47(64)45(33(2)3)58(8)49(66)52(68)19-23-59(31-52)44(63)15-12-21-57(6)7/h11,14,16-17,20,24-25,27-28,33,41,45,56,62,68-69H,10,13,18-19,21-23,26,29-32H2,1-9H3,(H,55,64)/t41-,45-,52+,53-/m0/s1. The number of ether oxygens (including phenoxy) is 2. The van der Waals surface area contributed by atoms with Crippen molar-refractivity contribution in [3.8, 4) is 40.0 Å². The number of carbonyl (C=O) groups excluding carboxylic acids is 5. The quantitative estimate of drug-likeness (QED) is 0.114. The number of hydrazine groups is 1. The summed E-state index contributed by atoms with van der Waals surface area (Å²) in [6.07, 6.45) is 2.07. The minimum Gasteiger partial charge on any atom is -0.508 e. The Bertz CT molecular complexity index is 2760. The molecule has 0 radical (unpaired) electrons. The Labute approximate surface area is 415 Å². The Morgan fingerprint density at radius 2 is 1.80 bits per heavy atom. The summed E-state index contributed by atoms with van der Waals surface area (Å²) in [6.45, 7) is 10.5. The number of carbonyl (C=O) groups is 5. The fraction of sp³-hybridized carbons (Fsp3) is 0.509. The first-order chi connectivity index (χ1) is 33.6. The number of amides is 4. The van der Waals surface area contributed by atoms with Gasteiger partial charge in [0.25, 0.3) is 17.7 Å². The smallest absolute Gasteiger partial charge is 0.355 e. The summed E-state index contributed by atoms with van der Waals surface area (Å²) in [7, 11) is 6.65. The largest absolute Gasteiger partial charge is 0.508 e. The average molecular weight is 977 g/mol. The highest BCUT2D eigenvalue weighted by molar-refractivity contribution is 5.98. The number of pyridine rings is 1. The molecule has 0 unspecified atom stereocenters. The third-order valence-corrected chi connectivity index (χ3v) is 13.5. The molecule has 18 nitrogen and oxygen atoms in total. The molecular formula is C53H68N8O10. The molecule has 0 spiro atoms. The van der Waals surface area contributed by atoms with Gasteiger partial charge in [0.15, 0.2) is 5.60 Å². The molecule has 5 N–H and O–H groups in total. The third kappa shape index (κ3) is 11.2. The van der Waals surface area contributed by atoms with Crippen molar-refractivity contribution in [2.24, 2.45) is 11.3 Å². The van der Waals surface area contributed by atoms with Gasteiger partial charge >= 0.3 is 5.97 Å². The lowest BCUT2D eigenvalue weighted by Gasteiger charge is -2.40. The summed E-state index contributed by atoms with van der Waals surface area (Å²) < 4.78 is 13.8. The van der Waals surface area contributed by atoms with E-state index in [1.807, 2.05) is 58.3 Å². The van der Waals surface area contributed by atoms with Gasteiger partial charge in [0.1, 0.15) is 17.8 Å². The summed E-state index contributed by atoms with van der Waals surface area (Å²) in [4.78, 5) is 79.5. The van der Waals surface area contributed by atoms with Crippen LogP contribution in [0.15, 0.2) is 54.7 Å². The summed E-state index contributed by atoms with van der Waals surface area (Å²) in [6, 6.07) is 12.4. The number of cyclic esters (lactones) is 1. The van der Waals surface area contributed by atoms with E-state index in [0.717, 1.165) is 48.9 Å². The van der Waals surface area contributed by atoms with Crippen LogP contribution in [-0.2, 0) is 59.4 Å². The molecule has 2 saturated heterocycles. The number of hydrogen-bond acceptors (Lipinski definition) is 13. The number of nitrogens with zero attached hydrogens (tertiary/aromatic N) is 6. The van der Waals surface area contributed by atoms with Crippen LogP contribution in [0.1, 0.15) is 70.7 Å². The predicted molar refractivity (Wildman–Crippen MR) is 266 cm³/mol. The van der Waals surface area contributed by atoms with Gasteiger partial charge in [-0.1, -0.05) is 45.7 Å². The molecule has 380 valence electrons. The molecule has 3 aliphatic heterocycles. The first-order valence-electron chi connectivity index (χ1n) is 24.2. The lowest BCUT2D eigenvalue weighted by Crippen LogP contribution is -2.67. The number of nitrogens with one attached hydrogen (secondary N) is 2. The molecule has 71 heavy (non-hydrogen) atoms. The molecule has 2 aromatic carbocycles. The van der Waals surface area contributed by atoms with Crippen LogP contribution in [0, 0.1) is 23.2 Å². The van der Waals surface area contributed by atoms with Gasteiger partial charge in [-0.25, -0.2) is 4.79 Å². The molecular weight excluding hydrogens is 909 g/mol. The van der Waals surface area contributed by atoms with Crippen molar-refractivity contribution in [2.45, 2.75) is 103 Å². The Morgan fingerprint density at radius 1 is 1.04 bits per heavy atom. The molecule has 0 aliphatic carbocycles. The van der Waals surface area contributed by atoms with E-state index in [-0.39, 0.29) is 64.3 Å². The highest BCUT2D eigenvalue weighted by Gasteiger charge is 2.49. The van der Waals surface area contributed by atoms with Gasteiger partial charge in [0.05, 0.1) is 37.7 Å². The zero-order valence-corrected chi connectivity index (χ0v) is 42.3. The maximum absolute atomic E-state index is 14.8. The van der Waals surface area contributed by atoms with E-state index in [1.165, 1.54) is 18.0 Å². The van der Waals surface area contributed by atoms with Crippen LogP contribution in [0.4, 0.5) is 0 Å². The highest BCUT2D eigenvalue weighted by atomic mass is 16.6. The van der Waals surface area contributed by atoms with E-state index in [9.17, 15) is 39.3 Å².